The van der Waals surface area contributed by atoms with Crippen molar-refractivity contribution in [1.82, 2.24) is 10.2 Å². The van der Waals surface area contributed by atoms with Crippen LogP contribution in [0.2, 0.25) is 0 Å². The maximum atomic E-state index is 14.1. The van der Waals surface area contributed by atoms with Crippen LogP contribution in [0, 0.1) is 11.8 Å². The highest BCUT2D eigenvalue weighted by molar-refractivity contribution is 9.09. The lowest BCUT2D eigenvalue weighted by molar-refractivity contribution is -0.134. The highest BCUT2D eigenvalue weighted by atomic mass is 79.9. The van der Waals surface area contributed by atoms with Crippen LogP contribution in [0.15, 0.2) is 72.8 Å². The lowest BCUT2D eigenvalue weighted by Gasteiger charge is -2.38. The largest absolute Gasteiger partial charge is 0.444 e. The number of benzene rings is 2. The average Bonchev–Trinajstić information content (AvgIpc) is 3.20. The summed E-state index contributed by atoms with van der Waals surface area (Å²) < 4.78 is 11.6. The first-order chi connectivity index (χ1) is 18.0. The fraction of sp³-hybridized carbons (Fsp3) is 0.433. The van der Waals surface area contributed by atoms with Crippen LogP contribution in [0.5, 0.6) is 0 Å². The molecule has 0 saturated carbocycles. The summed E-state index contributed by atoms with van der Waals surface area (Å²) in [5, 5.41) is 3.33. The zero-order valence-corrected chi connectivity index (χ0v) is 24.2. The molecule has 38 heavy (non-hydrogen) atoms. The number of nitrogens with one attached hydrogen (secondary N) is 1. The molecule has 2 aromatic carbocycles. The van der Waals surface area contributed by atoms with E-state index in [1.807, 2.05) is 86.7 Å². The van der Waals surface area contributed by atoms with Gasteiger partial charge >= 0.3 is 12.2 Å². The smallest absolute Gasteiger partial charge is 0.418 e. The molecular weight excluding hydrogens is 548 g/mol. The standard InChI is InChI=1S/C30H37BrN2O5/c1-21(2)25-30(23-15-8-6-9-16-23,24-17-10-7-11-18-24)38-28(36)33(25)26(34)22(14-12-13-19-31)20-32-27(35)37-29(3,4)5/h6-13,15-18,21-22,25H,14,19-20H2,1-5H3,(H,32,35). The van der Waals surface area contributed by atoms with Crippen molar-refractivity contribution in [1.29, 1.82) is 0 Å². The third-order valence-electron chi connectivity index (χ3n) is 6.33. The normalized spacial score (nSPS) is 17.9. The number of carbonyl (C=O) groups is 3. The Balaban J connectivity index is 2.02. The third-order valence-corrected chi connectivity index (χ3v) is 6.70. The molecule has 1 N–H and O–H groups in total. The molecular formula is C30H37BrN2O5. The number of nitrogens with zero attached hydrogens (tertiary/aromatic N) is 1. The molecule has 2 aromatic rings. The highest BCUT2D eigenvalue weighted by Gasteiger charge is 2.59. The summed E-state index contributed by atoms with van der Waals surface area (Å²) in [4.78, 5) is 41.3. The number of allylic oxidation sites excluding steroid dienone is 2. The number of imide groups is 1. The molecule has 2 unspecified atom stereocenters. The van der Waals surface area contributed by atoms with Crippen LogP contribution in [0.3, 0.4) is 0 Å². The first kappa shape index (κ1) is 29.4. The second-order valence-corrected chi connectivity index (χ2v) is 11.3. The maximum absolute atomic E-state index is 14.1. The number of carbonyl (C=O) groups excluding carboxylic acids is 3. The van der Waals surface area contributed by atoms with Crippen LogP contribution in [0.25, 0.3) is 0 Å². The average molecular weight is 586 g/mol. The fourth-order valence-corrected chi connectivity index (χ4v) is 5.11. The summed E-state index contributed by atoms with van der Waals surface area (Å²) in [6.07, 6.45) is 2.76. The van der Waals surface area contributed by atoms with Gasteiger partial charge < -0.3 is 14.8 Å². The first-order valence-electron chi connectivity index (χ1n) is 12.9. The van der Waals surface area contributed by atoms with Gasteiger partial charge in [0.15, 0.2) is 5.60 Å². The Morgan fingerprint density at radius 2 is 1.61 bits per heavy atom. The van der Waals surface area contributed by atoms with E-state index in [1.165, 1.54) is 4.90 Å². The van der Waals surface area contributed by atoms with Gasteiger partial charge in [0, 0.05) is 23.0 Å². The Bertz CT molecular complexity index is 1090. The summed E-state index contributed by atoms with van der Waals surface area (Å²) in [5.41, 5.74) is -0.281. The molecule has 7 nitrogen and oxygen atoms in total. The van der Waals surface area contributed by atoms with Gasteiger partial charge in [-0.25, -0.2) is 14.5 Å². The topological polar surface area (TPSA) is 84.9 Å². The molecule has 2 atom stereocenters. The lowest BCUT2D eigenvalue weighted by atomic mass is 9.75. The number of alkyl carbamates (subject to hydrolysis) is 1. The van der Waals surface area contributed by atoms with E-state index < -0.39 is 41.3 Å². The maximum Gasteiger partial charge on any atom is 0.418 e. The number of hydrogen-bond acceptors (Lipinski definition) is 5. The van der Waals surface area contributed by atoms with Gasteiger partial charge in [-0.05, 0) is 33.1 Å². The number of rotatable bonds is 9. The van der Waals surface area contributed by atoms with E-state index in [0.717, 1.165) is 11.1 Å². The van der Waals surface area contributed by atoms with Crippen molar-refractivity contribution in [3.05, 3.63) is 83.9 Å². The highest BCUT2D eigenvalue weighted by Crippen LogP contribution is 2.47. The molecule has 3 amide bonds. The van der Waals surface area contributed by atoms with E-state index in [-0.39, 0.29) is 12.5 Å². The quantitative estimate of drug-likeness (QED) is 0.271. The first-order valence-corrected chi connectivity index (χ1v) is 14.0. The molecule has 3 rings (SSSR count). The molecule has 1 fully saturated rings. The Morgan fingerprint density at radius 3 is 2.08 bits per heavy atom. The Labute approximate surface area is 233 Å². The summed E-state index contributed by atoms with van der Waals surface area (Å²) >= 11 is 3.36. The predicted molar refractivity (Wildman–Crippen MR) is 151 cm³/mol. The Kier molecular flexibility index (Phi) is 9.77. The minimum Gasteiger partial charge on any atom is -0.444 e. The summed E-state index contributed by atoms with van der Waals surface area (Å²) in [6, 6.07) is 18.5. The minimum atomic E-state index is -1.18. The second kappa shape index (κ2) is 12.6. The van der Waals surface area contributed by atoms with E-state index in [9.17, 15) is 14.4 Å². The van der Waals surface area contributed by atoms with Crippen LogP contribution >= 0.6 is 15.9 Å². The number of hydrogen-bond donors (Lipinski definition) is 1. The van der Waals surface area contributed by atoms with Gasteiger partial charge in [-0.3, -0.25) is 4.79 Å². The van der Waals surface area contributed by atoms with Crippen molar-refractivity contribution >= 4 is 34.0 Å². The minimum absolute atomic E-state index is 0.0125. The SMILES string of the molecule is CC(C)C1N(C(=O)C(CC=CCBr)CNC(=O)OC(C)(C)C)C(=O)OC1(c1ccccc1)c1ccccc1. The molecule has 1 heterocycles. The third kappa shape index (κ3) is 6.65. The molecule has 1 saturated heterocycles. The number of amides is 3. The van der Waals surface area contributed by atoms with E-state index in [1.54, 1.807) is 20.8 Å². The lowest BCUT2D eigenvalue weighted by Crippen LogP contribution is -2.52. The zero-order valence-electron chi connectivity index (χ0n) is 22.6. The van der Waals surface area contributed by atoms with Gasteiger partial charge in [0.25, 0.3) is 0 Å². The number of cyclic esters (lactones) is 1. The van der Waals surface area contributed by atoms with Crippen LogP contribution in [-0.2, 0) is 19.9 Å². The summed E-state index contributed by atoms with van der Waals surface area (Å²) in [7, 11) is 0. The molecule has 1 aliphatic rings. The van der Waals surface area contributed by atoms with Crippen molar-refractivity contribution in [3.63, 3.8) is 0 Å². The predicted octanol–water partition coefficient (Wildman–Crippen LogP) is 6.42. The van der Waals surface area contributed by atoms with Crippen LogP contribution in [-0.4, -0.2) is 46.5 Å². The van der Waals surface area contributed by atoms with E-state index >= 15 is 0 Å². The van der Waals surface area contributed by atoms with Gasteiger partial charge in [-0.15, -0.1) is 0 Å². The molecule has 0 radical (unpaired) electrons. The number of alkyl halides is 1. The van der Waals surface area contributed by atoms with E-state index in [2.05, 4.69) is 21.2 Å². The van der Waals surface area contributed by atoms with Crippen LogP contribution in [0.1, 0.15) is 52.2 Å². The van der Waals surface area contributed by atoms with Crippen LogP contribution < -0.4 is 5.32 Å². The number of halogens is 1. The zero-order chi connectivity index (χ0) is 27.9. The monoisotopic (exact) mass is 584 g/mol. The van der Waals surface area contributed by atoms with Crippen molar-refractivity contribution in [2.45, 2.75) is 58.3 Å². The van der Waals surface area contributed by atoms with Crippen LogP contribution in [0.4, 0.5) is 9.59 Å². The van der Waals surface area contributed by atoms with Gasteiger partial charge in [0.2, 0.25) is 5.91 Å². The second-order valence-electron chi connectivity index (χ2n) is 10.7. The van der Waals surface area contributed by atoms with Gasteiger partial charge in [0.1, 0.15) is 5.60 Å². The molecule has 0 aromatic heterocycles. The molecule has 8 heteroatoms. The number of ether oxygens (including phenoxy) is 2. The van der Waals surface area contributed by atoms with Gasteiger partial charge in [0.05, 0.1) is 12.0 Å². The summed E-state index contributed by atoms with van der Waals surface area (Å²) in [6.45, 7) is 9.29. The fourth-order valence-electron chi connectivity index (χ4n) is 4.85. The molecule has 0 spiro atoms. The van der Waals surface area contributed by atoms with Crippen molar-refractivity contribution in [3.8, 4) is 0 Å². The van der Waals surface area contributed by atoms with Crippen molar-refractivity contribution in [2.24, 2.45) is 11.8 Å². The van der Waals surface area contributed by atoms with E-state index in [0.29, 0.717) is 11.8 Å². The Hall–Kier alpha value is -3.13. The molecule has 1 aliphatic heterocycles. The van der Waals surface area contributed by atoms with Crippen molar-refractivity contribution in [2.75, 3.05) is 11.9 Å². The molecule has 0 bridgehead atoms. The van der Waals surface area contributed by atoms with Crippen molar-refractivity contribution < 1.29 is 23.9 Å². The van der Waals surface area contributed by atoms with Gasteiger partial charge in [-0.2, -0.15) is 0 Å². The Morgan fingerprint density at radius 1 is 1.05 bits per heavy atom. The molecule has 204 valence electrons. The van der Waals surface area contributed by atoms with Gasteiger partial charge in [-0.1, -0.05) is 103 Å². The molecule has 0 aliphatic carbocycles. The van der Waals surface area contributed by atoms with E-state index in [4.69, 9.17) is 9.47 Å². The summed E-state index contributed by atoms with van der Waals surface area (Å²) in [5.74, 6) is -1.24.